The third-order valence-corrected chi connectivity index (χ3v) is 8.26. The maximum atomic E-state index is 6.57. The minimum atomic E-state index is 0.0423. The summed E-state index contributed by atoms with van der Waals surface area (Å²) in [5.41, 5.74) is 0.0423. The lowest BCUT2D eigenvalue weighted by atomic mass is 9.75. The fourth-order valence-electron chi connectivity index (χ4n) is 6.81. The minimum absolute atomic E-state index is 0.0423. The average Bonchev–Trinajstić information content (AvgIpc) is 2.98. The SMILES string of the molecule is C[C@@H]1C[C@@]2(COCCN2)[C@@H]2COC3CCC(CC3)C3CCCNC3OCCN12. The Morgan fingerprint density at radius 2 is 1.89 bits per heavy atom. The first-order valence-electron chi connectivity index (χ1n) is 11.8. The van der Waals surface area contributed by atoms with Gasteiger partial charge in [-0.2, -0.15) is 0 Å². The Labute approximate surface area is 170 Å². The Morgan fingerprint density at radius 1 is 1.00 bits per heavy atom. The molecule has 5 aliphatic heterocycles. The molecule has 0 aromatic rings. The van der Waals surface area contributed by atoms with E-state index in [4.69, 9.17) is 14.2 Å². The van der Waals surface area contributed by atoms with Gasteiger partial charge in [0.1, 0.15) is 6.23 Å². The third kappa shape index (κ3) is 3.77. The van der Waals surface area contributed by atoms with E-state index in [0.717, 1.165) is 58.4 Å². The predicted molar refractivity (Wildman–Crippen MR) is 108 cm³/mol. The molecule has 2 bridgehead atoms. The quantitative estimate of drug-likeness (QED) is 0.654. The van der Waals surface area contributed by atoms with Crippen molar-refractivity contribution in [3.8, 4) is 0 Å². The van der Waals surface area contributed by atoms with Crippen molar-refractivity contribution in [2.24, 2.45) is 11.8 Å². The summed E-state index contributed by atoms with van der Waals surface area (Å²) in [4.78, 5) is 2.64. The van der Waals surface area contributed by atoms with Gasteiger partial charge in [0.15, 0.2) is 0 Å². The minimum Gasteiger partial charge on any atom is -0.378 e. The van der Waals surface area contributed by atoms with Gasteiger partial charge >= 0.3 is 0 Å². The van der Waals surface area contributed by atoms with Crippen molar-refractivity contribution in [3.05, 3.63) is 0 Å². The van der Waals surface area contributed by atoms with E-state index in [2.05, 4.69) is 22.5 Å². The smallest absolute Gasteiger partial charge is 0.111 e. The molecular weight excluding hydrogens is 354 g/mol. The molecule has 6 rings (SSSR count). The van der Waals surface area contributed by atoms with Gasteiger partial charge in [-0.05, 0) is 64.3 Å². The standard InChI is InChI=1S/C22H39N3O3/c1-16-13-22(15-26-11-9-24-22)20-14-28-18-6-4-17(5-7-18)19-3-2-8-23-21(19)27-12-10-25(16)20/h16-21,23-24H,2-15H2,1H3/t16-,17?,18?,19?,20+,21?,22-/m1/s1. The highest BCUT2D eigenvalue weighted by molar-refractivity contribution is 5.10. The summed E-state index contributed by atoms with van der Waals surface area (Å²) in [6, 6.07) is 0.906. The van der Waals surface area contributed by atoms with Gasteiger partial charge in [0.25, 0.3) is 0 Å². The van der Waals surface area contributed by atoms with Gasteiger partial charge < -0.3 is 19.5 Å². The molecule has 6 aliphatic rings. The number of ether oxygens (including phenoxy) is 3. The predicted octanol–water partition coefficient (Wildman–Crippen LogP) is 1.74. The summed E-state index contributed by atoms with van der Waals surface area (Å²) >= 11 is 0. The number of nitrogens with one attached hydrogen (secondary N) is 2. The second-order valence-corrected chi connectivity index (χ2v) is 9.86. The molecule has 5 saturated heterocycles. The zero-order chi connectivity index (χ0) is 19.0. The number of piperidine rings is 1. The number of rotatable bonds is 0. The highest BCUT2D eigenvalue weighted by Crippen LogP contribution is 2.39. The fraction of sp³-hybridized carbons (Fsp3) is 1.00. The molecule has 1 spiro atoms. The van der Waals surface area contributed by atoms with Crippen LogP contribution in [-0.2, 0) is 14.2 Å². The second-order valence-electron chi connectivity index (χ2n) is 9.86. The van der Waals surface area contributed by atoms with Crippen LogP contribution in [0.25, 0.3) is 0 Å². The van der Waals surface area contributed by atoms with E-state index < -0.39 is 0 Å². The topological polar surface area (TPSA) is 55.0 Å². The summed E-state index contributed by atoms with van der Waals surface area (Å²) in [6.07, 6.45) is 9.47. The van der Waals surface area contributed by atoms with E-state index in [0.29, 0.717) is 24.1 Å². The molecule has 2 unspecified atom stereocenters. The van der Waals surface area contributed by atoms with E-state index in [1.807, 2.05) is 0 Å². The lowest BCUT2D eigenvalue weighted by Crippen LogP contribution is -2.63. The highest BCUT2D eigenvalue weighted by atomic mass is 16.5. The maximum absolute atomic E-state index is 6.57. The van der Waals surface area contributed by atoms with Crippen molar-refractivity contribution < 1.29 is 14.2 Å². The molecule has 5 heterocycles. The fourth-order valence-corrected chi connectivity index (χ4v) is 6.81. The number of hydrogen-bond acceptors (Lipinski definition) is 6. The van der Waals surface area contributed by atoms with E-state index in [1.54, 1.807) is 0 Å². The lowest BCUT2D eigenvalue weighted by molar-refractivity contribution is -0.0602. The number of nitrogens with zero attached hydrogens (tertiary/aromatic N) is 1. The van der Waals surface area contributed by atoms with Gasteiger partial charge in [-0.1, -0.05) is 0 Å². The van der Waals surface area contributed by atoms with Gasteiger partial charge in [-0.15, -0.1) is 0 Å². The molecule has 6 heteroatoms. The molecule has 2 N–H and O–H groups in total. The lowest BCUT2D eigenvalue weighted by Gasteiger charge is -2.42. The summed E-state index contributed by atoms with van der Waals surface area (Å²) in [6.45, 7) is 8.66. The molecule has 0 radical (unpaired) electrons. The molecule has 1 aliphatic carbocycles. The van der Waals surface area contributed by atoms with E-state index >= 15 is 0 Å². The molecule has 28 heavy (non-hydrogen) atoms. The molecule has 0 aromatic carbocycles. The second kappa shape index (κ2) is 8.48. The zero-order valence-corrected chi connectivity index (χ0v) is 17.5. The average molecular weight is 394 g/mol. The largest absolute Gasteiger partial charge is 0.378 e. The summed E-state index contributed by atoms with van der Waals surface area (Å²) in [7, 11) is 0. The van der Waals surface area contributed by atoms with Crippen molar-refractivity contribution in [1.82, 2.24) is 15.5 Å². The highest BCUT2D eigenvalue weighted by Gasteiger charge is 2.52. The molecule has 6 fully saturated rings. The maximum Gasteiger partial charge on any atom is 0.111 e. The number of morpholine rings is 1. The first kappa shape index (κ1) is 19.7. The van der Waals surface area contributed by atoms with Crippen LogP contribution in [0.4, 0.5) is 0 Å². The normalized spacial score (nSPS) is 48.3. The van der Waals surface area contributed by atoms with Crippen LogP contribution in [0, 0.1) is 11.8 Å². The number of fused-ring (bicyclic) bond motifs is 5. The van der Waals surface area contributed by atoms with Gasteiger partial charge in [0.2, 0.25) is 0 Å². The molecule has 160 valence electrons. The summed E-state index contributed by atoms with van der Waals surface area (Å²) < 4.78 is 19.0. The Kier molecular flexibility index (Phi) is 5.97. The van der Waals surface area contributed by atoms with Crippen molar-refractivity contribution in [1.29, 1.82) is 0 Å². The first-order chi connectivity index (χ1) is 13.8. The summed E-state index contributed by atoms with van der Waals surface area (Å²) in [5, 5.41) is 7.53. The molecule has 0 aromatic heterocycles. The van der Waals surface area contributed by atoms with Crippen LogP contribution in [0.3, 0.4) is 0 Å². The van der Waals surface area contributed by atoms with Crippen molar-refractivity contribution >= 4 is 0 Å². The molecule has 5 atom stereocenters. The monoisotopic (exact) mass is 393 g/mol. The van der Waals surface area contributed by atoms with Crippen molar-refractivity contribution in [3.63, 3.8) is 0 Å². The van der Waals surface area contributed by atoms with Gasteiger partial charge in [0, 0.05) is 25.0 Å². The van der Waals surface area contributed by atoms with Crippen LogP contribution in [-0.4, -0.2) is 80.9 Å². The Hall–Kier alpha value is -0.240. The van der Waals surface area contributed by atoms with E-state index in [-0.39, 0.29) is 11.8 Å². The third-order valence-electron chi connectivity index (χ3n) is 8.26. The molecular formula is C22H39N3O3. The number of hydrogen-bond donors (Lipinski definition) is 2. The molecule has 1 saturated carbocycles. The van der Waals surface area contributed by atoms with Crippen LogP contribution in [0.5, 0.6) is 0 Å². The molecule has 6 nitrogen and oxygen atoms in total. The van der Waals surface area contributed by atoms with Crippen molar-refractivity contribution in [2.45, 2.75) is 81.8 Å². The van der Waals surface area contributed by atoms with Crippen LogP contribution in [0.15, 0.2) is 0 Å². The van der Waals surface area contributed by atoms with Crippen LogP contribution >= 0.6 is 0 Å². The van der Waals surface area contributed by atoms with E-state index in [9.17, 15) is 0 Å². The summed E-state index contributed by atoms with van der Waals surface area (Å²) in [5.74, 6) is 1.49. The molecule has 0 amide bonds. The zero-order valence-electron chi connectivity index (χ0n) is 17.5. The van der Waals surface area contributed by atoms with Crippen molar-refractivity contribution in [2.75, 3.05) is 46.1 Å². The van der Waals surface area contributed by atoms with Crippen LogP contribution < -0.4 is 10.6 Å². The van der Waals surface area contributed by atoms with Gasteiger partial charge in [-0.25, -0.2) is 0 Å². The van der Waals surface area contributed by atoms with Crippen LogP contribution in [0.1, 0.15) is 51.9 Å². The van der Waals surface area contributed by atoms with Gasteiger partial charge in [0.05, 0.1) is 44.1 Å². The van der Waals surface area contributed by atoms with Crippen LogP contribution in [0.2, 0.25) is 0 Å². The first-order valence-corrected chi connectivity index (χ1v) is 11.8. The van der Waals surface area contributed by atoms with E-state index in [1.165, 1.54) is 38.5 Å². The van der Waals surface area contributed by atoms with Gasteiger partial charge in [-0.3, -0.25) is 10.2 Å². The Balaban J connectivity index is 1.36. The Morgan fingerprint density at radius 3 is 2.71 bits per heavy atom. The Bertz CT molecular complexity index is 519.